The Balaban J connectivity index is 1.97. The number of aliphatic imine (C=N–C) groups is 1. The summed E-state index contributed by atoms with van der Waals surface area (Å²) >= 11 is 12.4. The number of benzene rings is 3. The molecule has 4 rings (SSSR count). The molecule has 0 atom stereocenters. The molecule has 0 amide bonds. The lowest BCUT2D eigenvalue weighted by molar-refractivity contribution is 0.107. The van der Waals surface area contributed by atoms with E-state index in [1.165, 1.54) is 0 Å². The molecule has 3 nitrogen and oxygen atoms in total. The summed E-state index contributed by atoms with van der Waals surface area (Å²) in [6, 6.07) is 14.5. The van der Waals surface area contributed by atoms with Crippen molar-refractivity contribution < 1.29 is 9.90 Å². The Morgan fingerprint density at radius 3 is 2.36 bits per heavy atom. The van der Waals surface area contributed by atoms with Crippen LogP contribution in [0.25, 0.3) is 10.8 Å². The molecule has 0 aliphatic heterocycles. The number of carbonyl (C=O) groups excluding carboxylic acids is 1. The van der Waals surface area contributed by atoms with Gasteiger partial charge in [0.25, 0.3) is 0 Å². The normalized spacial score (nSPS) is 14.7. The summed E-state index contributed by atoms with van der Waals surface area (Å²) in [4.78, 5) is 17.6. The zero-order valence-corrected chi connectivity index (χ0v) is 14.6. The van der Waals surface area contributed by atoms with Gasteiger partial charge in [0.15, 0.2) is 0 Å². The van der Waals surface area contributed by atoms with Gasteiger partial charge in [0.2, 0.25) is 5.78 Å². The van der Waals surface area contributed by atoms with Crippen LogP contribution in [0.2, 0.25) is 10.0 Å². The van der Waals surface area contributed by atoms with Gasteiger partial charge in [-0.25, -0.2) is 4.99 Å². The molecule has 0 fully saturated rings. The Hall–Kier alpha value is -2.20. The lowest BCUT2D eigenvalue weighted by Gasteiger charge is -2.06. The largest absolute Gasteiger partial charge is 0.396 e. The number of halogens is 2. The van der Waals surface area contributed by atoms with Crippen molar-refractivity contribution in [1.29, 1.82) is 0 Å². The number of hydrogen-bond acceptors (Lipinski definition) is 3. The first-order valence-corrected chi connectivity index (χ1v) is 8.59. The molecule has 0 saturated heterocycles. The van der Waals surface area contributed by atoms with Crippen LogP contribution < -0.4 is 0 Å². The van der Waals surface area contributed by atoms with Gasteiger partial charge >= 0.3 is 0 Å². The number of aliphatic hydroxyl groups excluding tert-OH is 1. The minimum absolute atomic E-state index is 0.0209. The summed E-state index contributed by atoms with van der Waals surface area (Å²) in [6.45, 7) is 0.0209. The molecule has 1 aliphatic rings. The molecule has 5 heteroatoms. The third-order valence-corrected chi connectivity index (χ3v) is 4.73. The number of nitrogens with zero attached hydrogens (tertiary/aromatic N) is 1. The van der Waals surface area contributed by atoms with Crippen LogP contribution in [0.1, 0.15) is 21.5 Å². The molecule has 0 saturated carbocycles. The first-order valence-electron chi connectivity index (χ1n) is 7.84. The van der Waals surface area contributed by atoms with Crippen LogP contribution in [0, 0.1) is 0 Å². The zero-order chi connectivity index (χ0) is 17.6. The van der Waals surface area contributed by atoms with Gasteiger partial charge in [0.1, 0.15) is 5.71 Å². The topological polar surface area (TPSA) is 49.7 Å². The van der Waals surface area contributed by atoms with Crippen LogP contribution in [0.5, 0.6) is 0 Å². The Kier molecular flexibility index (Phi) is 4.08. The van der Waals surface area contributed by atoms with E-state index >= 15 is 0 Å². The van der Waals surface area contributed by atoms with Gasteiger partial charge < -0.3 is 5.11 Å². The van der Waals surface area contributed by atoms with E-state index in [2.05, 4.69) is 4.99 Å². The fourth-order valence-corrected chi connectivity index (χ4v) is 3.69. The molecule has 25 heavy (non-hydrogen) atoms. The number of para-hydroxylation sites is 1. The minimum atomic E-state index is -0.163. The fourth-order valence-electron chi connectivity index (χ4n) is 3.24. The van der Waals surface area contributed by atoms with Crippen molar-refractivity contribution in [2.24, 2.45) is 4.99 Å². The predicted octanol–water partition coefficient (Wildman–Crippen LogP) is 5.00. The van der Waals surface area contributed by atoms with Crippen molar-refractivity contribution in [2.75, 3.05) is 6.61 Å². The molecule has 0 spiro atoms. The second-order valence-corrected chi connectivity index (χ2v) is 6.77. The van der Waals surface area contributed by atoms with E-state index in [1.807, 2.05) is 24.3 Å². The predicted molar refractivity (Wildman–Crippen MR) is 102 cm³/mol. The van der Waals surface area contributed by atoms with Gasteiger partial charge in [-0.15, -0.1) is 0 Å². The number of aliphatic hydroxyl groups is 1. The van der Waals surface area contributed by atoms with Gasteiger partial charge in [0.05, 0.1) is 5.69 Å². The number of rotatable bonds is 3. The van der Waals surface area contributed by atoms with Crippen LogP contribution in [0.4, 0.5) is 5.69 Å². The highest BCUT2D eigenvalue weighted by Crippen LogP contribution is 2.37. The maximum atomic E-state index is 12.9. The third kappa shape index (κ3) is 2.74. The Bertz CT molecular complexity index is 1050. The van der Waals surface area contributed by atoms with Crippen LogP contribution in [0.3, 0.4) is 0 Å². The van der Waals surface area contributed by atoms with E-state index in [-0.39, 0.29) is 12.4 Å². The van der Waals surface area contributed by atoms with Crippen LogP contribution in [-0.2, 0) is 6.42 Å². The monoisotopic (exact) mass is 369 g/mol. The number of hydrogen-bond donors (Lipinski definition) is 1. The molecule has 1 N–H and O–H groups in total. The summed E-state index contributed by atoms with van der Waals surface area (Å²) in [5.74, 6) is -0.163. The standard InChI is InChI=1S/C20H13Cl2NO2/c21-13-7-12-8-14(22)10-16-18(12)15(9-13)19(20(16)25)23-17-4-2-1-3-11(17)5-6-24/h1-4,7-10,24H,5-6H2/b23-19-. The highest BCUT2D eigenvalue weighted by atomic mass is 35.5. The average molecular weight is 370 g/mol. The van der Waals surface area contributed by atoms with Crippen molar-refractivity contribution in [3.05, 3.63) is 75.3 Å². The van der Waals surface area contributed by atoms with E-state index in [0.717, 1.165) is 21.9 Å². The first-order chi connectivity index (χ1) is 12.1. The molecule has 0 heterocycles. The lowest BCUT2D eigenvalue weighted by atomic mass is 10.0. The maximum Gasteiger partial charge on any atom is 0.212 e. The van der Waals surface area contributed by atoms with Gasteiger partial charge in [-0.2, -0.15) is 0 Å². The number of Topliss-reactive ketones (excluding diaryl/α,β-unsaturated/α-hetero) is 1. The second kappa shape index (κ2) is 6.26. The Morgan fingerprint density at radius 1 is 0.960 bits per heavy atom. The van der Waals surface area contributed by atoms with Gasteiger partial charge in [-0.05, 0) is 47.7 Å². The molecule has 0 aromatic heterocycles. The van der Waals surface area contributed by atoms with E-state index in [9.17, 15) is 9.90 Å². The molecule has 0 bridgehead atoms. The quantitative estimate of drug-likeness (QED) is 0.706. The van der Waals surface area contributed by atoms with E-state index < -0.39 is 0 Å². The fraction of sp³-hybridized carbons (Fsp3) is 0.100. The zero-order valence-electron chi connectivity index (χ0n) is 13.1. The molecule has 3 aromatic carbocycles. The van der Waals surface area contributed by atoms with E-state index in [1.54, 1.807) is 24.3 Å². The van der Waals surface area contributed by atoms with Gasteiger partial charge in [-0.3, -0.25) is 4.79 Å². The van der Waals surface area contributed by atoms with Gasteiger partial charge in [0, 0.05) is 33.2 Å². The highest BCUT2D eigenvalue weighted by Gasteiger charge is 2.30. The molecule has 0 unspecified atom stereocenters. The van der Waals surface area contributed by atoms with E-state index in [0.29, 0.717) is 33.4 Å². The van der Waals surface area contributed by atoms with Crippen LogP contribution in [0.15, 0.2) is 53.5 Å². The maximum absolute atomic E-state index is 12.9. The molecule has 124 valence electrons. The number of carbonyl (C=O) groups is 1. The smallest absolute Gasteiger partial charge is 0.212 e. The number of ketones is 1. The van der Waals surface area contributed by atoms with Crippen molar-refractivity contribution in [3.63, 3.8) is 0 Å². The van der Waals surface area contributed by atoms with Crippen LogP contribution >= 0.6 is 23.2 Å². The SMILES string of the molecule is O=C1/C(=N\c2ccccc2CCO)c2cc(Cl)cc3cc(Cl)cc1c23. The summed E-state index contributed by atoms with van der Waals surface area (Å²) in [5.41, 5.74) is 3.19. The van der Waals surface area contributed by atoms with E-state index in [4.69, 9.17) is 23.2 Å². The molecular weight excluding hydrogens is 357 g/mol. The first kappa shape index (κ1) is 16.3. The third-order valence-electron chi connectivity index (χ3n) is 4.30. The Morgan fingerprint density at radius 2 is 1.64 bits per heavy atom. The summed E-state index contributed by atoms with van der Waals surface area (Å²) < 4.78 is 0. The summed E-state index contributed by atoms with van der Waals surface area (Å²) in [7, 11) is 0. The van der Waals surface area contributed by atoms with Crippen molar-refractivity contribution in [2.45, 2.75) is 6.42 Å². The van der Waals surface area contributed by atoms with Crippen molar-refractivity contribution in [3.8, 4) is 0 Å². The minimum Gasteiger partial charge on any atom is -0.396 e. The van der Waals surface area contributed by atoms with Gasteiger partial charge in [-0.1, -0.05) is 41.4 Å². The van der Waals surface area contributed by atoms with Crippen molar-refractivity contribution in [1.82, 2.24) is 0 Å². The molecular formula is C20H13Cl2NO2. The molecule has 1 aliphatic carbocycles. The lowest BCUT2D eigenvalue weighted by Crippen LogP contribution is -2.08. The summed E-state index contributed by atoms with van der Waals surface area (Å²) in [6.07, 6.45) is 0.477. The average Bonchev–Trinajstić information content (AvgIpc) is 2.83. The summed E-state index contributed by atoms with van der Waals surface area (Å²) in [5, 5.41) is 11.9. The second-order valence-electron chi connectivity index (χ2n) is 5.90. The molecule has 3 aromatic rings. The Labute approximate surface area is 154 Å². The molecule has 0 radical (unpaired) electrons. The van der Waals surface area contributed by atoms with Crippen molar-refractivity contribution >= 4 is 51.2 Å². The highest BCUT2D eigenvalue weighted by molar-refractivity contribution is 6.60. The van der Waals surface area contributed by atoms with Crippen LogP contribution in [-0.4, -0.2) is 23.2 Å².